The highest BCUT2D eigenvalue weighted by Gasteiger charge is 2.11. The number of aromatic carboxylic acids is 1. The summed E-state index contributed by atoms with van der Waals surface area (Å²) in [6.45, 7) is 1.69. The van der Waals surface area contributed by atoms with Gasteiger partial charge in [0.2, 0.25) is 0 Å². The molecule has 1 N–H and O–H groups in total. The van der Waals surface area contributed by atoms with Crippen LogP contribution in [-0.4, -0.2) is 21.0 Å². The molecule has 76 valence electrons. The number of fused-ring (bicyclic) bond motifs is 1. The van der Waals surface area contributed by atoms with Crippen LogP contribution >= 0.6 is 11.6 Å². The maximum absolute atomic E-state index is 10.9. The van der Waals surface area contributed by atoms with Crippen LogP contribution in [0.3, 0.4) is 0 Å². The lowest BCUT2D eigenvalue weighted by atomic mass is 10.2. The summed E-state index contributed by atoms with van der Waals surface area (Å²) in [6.07, 6.45) is 0. The van der Waals surface area contributed by atoms with Crippen LogP contribution in [0.15, 0.2) is 18.2 Å². The minimum atomic E-state index is -1.02. The second-order valence-corrected chi connectivity index (χ2v) is 3.44. The molecule has 0 radical (unpaired) electrons. The molecule has 4 nitrogen and oxygen atoms in total. The van der Waals surface area contributed by atoms with Crippen molar-refractivity contribution in [3.8, 4) is 0 Å². The second-order valence-electron chi connectivity index (χ2n) is 3.08. The summed E-state index contributed by atoms with van der Waals surface area (Å²) < 4.78 is 0. The molecule has 0 saturated heterocycles. The third-order valence-corrected chi connectivity index (χ3v) is 2.40. The van der Waals surface area contributed by atoms with Gasteiger partial charge >= 0.3 is 5.97 Å². The summed E-state index contributed by atoms with van der Waals surface area (Å²) in [5, 5.41) is 9.24. The molecule has 0 spiro atoms. The summed E-state index contributed by atoms with van der Waals surface area (Å²) in [7, 11) is 0. The zero-order valence-electron chi connectivity index (χ0n) is 7.86. The van der Waals surface area contributed by atoms with Crippen LogP contribution in [0.2, 0.25) is 5.15 Å². The SMILES string of the molecule is Cc1nc2c(C(=O)O)cccc2nc1Cl. The molecule has 0 aliphatic rings. The van der Waals surface area contributed by atoms with Gasteiger partial charge in [-0.15, -0.1) is 0 Å². The number of carboxylic acid groups (broad SMARTS) is 1. The highest BCUT2D eigenvalue weighted by atomic mass is 35.5. The topological polar surface area (TPSA) is 63.1 Å². The van der Waals surface area contributed by atoms with Gasteiger partial charge in [0.25, 0.3) is 0 Å². The first-order chi connectivity index (χ1) is 7.09. The maximum atomic E-state index is 10.9. The smallest absolute Gasteiger partial charge is 0.337 e. The number of hydrogen-bond acceptors (Lipinski definition) is 3. The van der Waals surface area contributed by atoms with Crippen LogP contribution in [0.1, 0.15) is 16.1 Å². The lowest BCUT2D eigenvalue weighted by molar-refractivity contribution is 0.0699. The van der Waals surface area contributed by atoms with Crippen molar-refractivity contribution in [2.24, 2.45) is 0 Å². The minimum absolute atomic E-state index is 0.139. The number of aryl methyl sites for hydroxylation is 1. The molecule has 15 heavy (non-hydrogen) atoms. The van der Waals surface area contributed by atoms with Gasteiger partial charge in [0.15, 0.2) is 5.15 Å². The molecular formula is C10H7ClN2O2. The molecule has 5 heteroatoms. The van der Waals surface area contributed by atoms with E-state index in [0.29, 0.717) is 21.9 Å². The molecule has 2 aromatic rings. The Bertz CT molecular complexity index is 554. The third-order valence-electron chi connectivity index (χ3n) is 2.04. The number of aromatic nitrogens is 2. The average molecular weight is 223 g/mol. The van der Waals surface area contributed by atoms with Gasteiger partial charge in [0, 0.05) is 0 Å². The predicted molar refractivity (Wildman–Crippen MR) is 56.2 cm³/mol. The highest BCUT2D eigenvalue weighted by molar-refractivity contribution is 6.30. The largest absolute Gasteiger partial charge is 0.478 e. The van der Waals surface area contributed by atoms with Crippen LogP contribution in [0.5, 0.6) is 0 Å². The molecule has 0 fully saturated rings. The van der Waals surface area contributed by atoms with Crippen LogP contribution in [-0.2, 0) is 0 Å². The van der Waals surface area contributed by atoms with Crippen LogP contribution in [0.4, 0.5) is 0 Å². The van der Waals surface area contributed by atoms with E-state index in [-0.39, 0.29) is 5.56 Å². The summed E-state index contributed by atoms with van der Waals surface area (Å²) in [5.41, 5.74) is 1.52. The lowest BCUT2D eigenvalue weighted by Gasteiger charge is -2.03. The Balaban J connectivity index is 2.86. The van der Waals surface area contributed by atoms with E-state index < -0.39 is 5.97 Å². The van der Waals surface area contributed by atoms with Gasteiger partial charge in [-0.25, -0.2) is 14.8 Å². The van der Waals surface area contributed by atoms with E-state index in [9.17, 15) is 4.79 Å². The number of halogens is 1. The van der Waals surface area contributed by atoms with Gasteiger partial charge in [-0.3, -0.25) is 0 Å². The number of carboxylic acids is 1. The number of benzene rings is 1. The van der Waals surface area contributed by atoms with Crippen molar-refractivity contribution in [3.63, 3.8) is 0 Å². The number of para-hydroxylation sites is 1. The zero-order valence-corrected chi connectivity index (χ0v) is 8.62. The fraction of sp³-hybridized carbons (Fsp3) is 0.100. The van der Waals surface area contributed by atoms with E-state index >= 15 is 0 Å². The van der Waals surface area contributed by atoms with Gasteiger partial charge < -0.3 is 5.11 Å². The van der Waals surface area contributed by atoms with Gasteiger partial charge in [-0.2, -0.15) is 0 Å². The number of hydrogen-bond donors (Lipinski definition) is 1. The molecule has 1 heterocycles. The number of carbonyl (C=O) groups is 1. The van der Waals surface area contributed by atoms with Crippen molar-refractivity contribution in [1.29, 1.82) is 0 Å². The van der Waals surface area contributed by atoms with Crippen LogP contribution in [0.25, 0.3) is 11.0 Å². The van der Waals surface area contributed by atoms with E-state index in [2.05, 4.69) is 9.97 Å². The first-order valence-corrected chi connectivity index (χ1v) is 4.63. The Morgan fingerprint density at radius 3 is 2.80 bits per heavy atom. The maximum Gasteiger partial charge on any atom is 0.337 e. The Morgan fingerprint density at radius 1 is 1.40 bits per heavy atom. The summed E-state index contributed by atoms with van der Waals surface area (Å²) in [6, 6.07) is 4.79. The molecule has 2 rings (SSSR count). The van der Waals surface area contributed by atoms with E-state index in [1.807, 2.05) is 0 Å². The highest BCUT2D eigenvalue weighted by Crippen LogP contribution is 2.19. The standard InChI is InChI=1S/C10H7ClN2O2/c1-5-9(11)13-7-4-2-3-6(10(14)15)8(7)12-5/h2-4H,1H3,(H,14,15). The zero-order chi connectivity index (χ0) is 11.0. The number of nitrogens with zero attached hydrogens (tertiary/aromatic N) is 2. The Labute approximate surface area is 90.5 Å². The van der Waals surface area contributed by atoms with Crippen LogP contribution < -0.4 is 0 Å². The van der Waals surface area contributed by atoms with Crippen molar-refractivity contribution in [2.45, 2.75) is 6.92 Å². The Hall–Kier alpha value is -1.68. The molecule has 0 atom stereocenters. The monoisotopic (exact) mass is 222 g/mol. The van der Waals surface area contributed by atoms with Gasteiger partial charge in [0.05, 0.1) is 16.8 Å². The summed E-state index contributed by atoms with van der Waals surface area (Å²) in [4.78, 5) is 19.1. The quantitative estimate of drug-likeness (QED) is 0.804. The first kappa shape index (κ1) is 9.86. The van der Waals surface area contributed by atoms with Gasteiger partial charge in [0.1, 0.15) is 5.52 Å². The molecule has 0 amide bonds. The van der Waals surface area contributed by atoms with E-state index in [1.54, 1.807) is 19.1 Å². The fourth-order valence-electron chi connectivity index (χ4n) is 1.31. The third kappa shape index (κ3) is 1.64. The Kier molecular flexibility index (Phi) is 2.28. The molecule has 1 aromatic carbocycles. The fourth-order valence-corrected chi connectivity index (χ4v) is 1.45. The molecule has 1 aromatic heterocycles. The minimum Gasteiger partial charge on any atom is -0.478 e. The van der Waals surface area contributed by atoms with E-state index in [0.717, 1.165) is 0 Å². The summed E-state index contributed by atoms with van der Waals surface area (Å²) >= 11 is 5.80. The Morgan fingerprint density at radius 2 is 2.13 bits per heavy atom. The van der Waals surface area contributed by atoms with Crippen molar-refractivity contribution < 1.29 is 9.90 Å². The molecule has 0 bridgehead atoms. The number of rotatable bonds is 1. The van der Waals surface area contributed by atoms with Gasteiger partial charge in [-0.1, -0.05) is 17.7 Å². The first-order valence-electron chi connectivity index (χ1n) is 4.26. The molecule has 0 unspecified atom stereocenters. The summed E-state index contributed by atoms with van der Waals surface area (Å²) in [5.74, 6) is -1.02. The lowest BCUT2D eigenvalue weighted by Crippen LogP contribution is -2.01. The molecule has 0 saturated carbocycles. The van der Waals surface area contributed by atoms with Crippen molar-refractivity contribution in [3.05, 3.63) is 34.6 Å². The van der Waals surface area contributed by atoms with Crippen molar-refractivity contribution >= 4 is 28.6 Å². The molecular weight excluding hydrogens is 216 g/mol. The van der Waals surface area contributed by atoms with E-state index in [4.69, 9.17) is 16.7 Å². The van der Waals surface area contributed by atoms with Crippen LogP contribution in [0, 0.1) is 6.92 Å². The van der Waals surface area contributed by atoms with Crippen molar-refractivity contribution in [1.82, 2.24) is 9.97 Å². The van der Waals surface area contributed by atoms with Crippen molar-refractivity contribution in [2.75, 3.05) is 0 Å². The molecule has 0 aliphatic carbocycles. The predicted octanol–water partition coefficient (Wildman–Crippen LogP) is 2.29. The second kappa shape index (κ2) is 3.47. The molecule has 0 aliphatic heterocycles. The van der Waals surface area contributed by atoms with Gasteiger partial charge in [-0.05, 0) is 19.1 Å². The average Bonchev–Trinajstić information content (AvgIpc) is 2.18. The normalized spacial score (nSPS) is 10.5. The van der Waals surface area contributed by atoms with E-state index in [1.165, 1.54) is 6.07 Å².